The molecule has 1 saturated heterocycles. The van der Waals surface area contributed by atoms with Crippen LogP contribution in [0.15, 0.2) is 22.8 Å². The van der Waals surface area contributed by atoms with E-state index in [4.69, 9.17) is 16.0 Å². The monoisotopic (exact) mass is 334 g/mol. The van der Waals surface area contributed by atoms with Crippen LogP contribution in [0.25, 0.3) is 0 Å². The number of amides is 2. The highest BCUT2D eigenvalue weighted by atomic mass is 35.5. The van der Waals surface area contributed by atoms with Gasteiger partial charge in [0.05, 0.1) is 11.5 Å². The molecule has 0 saturated carbocycles. The number of hydrogen-bond donors (Lipinski definition) is 1. The van der Waals surface area contributed by atoms with E-state index in [9.17, 15) is 13.2 Å². The molecule has 6 nitrogen and oxygen atoms in total. The molecule has 0 radical (unpaired) electrons. The fourth-order valence-corrected chi connectivity index (χ4v) is 4.21. The molecule has 1 aliphatic rings. The minimum absolute atomic E-state index is 0.0802. The third-order valence-corrected chi connectivity index (χ3v) is 5.89. The second-order valence-corrected chi connectivity index (χ2v) is 7.65. The number of urea groups is 1. The normalized spacial score (nSPS) is 16.9. The van der Waals surface area contributed by atoms with E-state index in [1.54, 1.807) is 17.0 Å². The first-order valence-electron chi connectivity index (χ1n) is 6.85. The SMILES string of the molecule is O=C(NCCCl)N1CCC(S(=O)(=O)Cc2ccco2)CC1. The van der Waals surface area contributed by atoms with Crippen LogP contribution in [-0.2, 0) is 15.6 Å². The van der Waals surface area contributed by atoms with Crippen LogP contribution >= 0.6 is 11.6 Å². The maximum Gasteiger partial charge on any atom is 0.317 e. The third-order valence-electron chi connectivity index (χ3n) is 3.53. The predicted octanol–water partition coefficient (Wildman–Crippen LogP) is 1.61. The zero-order valence-electron chi connectivity index (χ0n) is 11.6. The lowest BCUT2D eigenvalue weighted by Gasteiger charge is -2.31. The summed E-state index contributed by atoms with van der Waals surface area (Å²) in [5, 5.41) is 2.27. The molecule has 1 aliphatic heterocycles. The highest BCUT2D eigenvalue weighted by Crippen LogP contribution is 2.21. The Morgan fingerprint density at radius 2 is 2.14 bits per heavy atom. The number of furan rings is 1. The lowest BCUT2D eigenvalue weighted by molar-refractivity contribution is 0.187. The van der Waals surface area contributed by atoms with Gasteiger partial charge >= 0.3 is 6.03 Å². The van der Waals surface area contributed by atoms with Crippen LogP contribution in [0.3, 0.4) is 0 Å². The molecule has 0 bridgehead atoms. The Morgan fingerprint density at radius 3 is 2.71 bits per heavy atom. The zero-order valence-corrected chi connectivity index (χ0v) is 13.2. The molecule has 2 rings (SSSR count). The van der Waals surface area contributed by atoms with Gasteiger partial charge in [-0.25, -0.2) is 13.2 Å². The van der Waals surface area contributed by atoms with Crippen LogP contribution in [0.4, 0.5) is 4.79 Å². The molecule has 1 N–H and O–H groups in total. The number of piperidine rings is 1. The molecule has 2 amide bonds. The van der Waals surface area contributed by atoms with Gasteiger partial charge in [-0.1, -0.05) is 0 Å². The molecule has 21 heavy (non-hydrogen) atoms. The maximum atomic E-state index is 12.3. The van der Waals surface area contributed by atoms with Gasteiger partial charge in [0.15, 0.2) is 9.84 Å². The number of hydrogen-bond acceptors (Lipinski definition) is 4. The van der Waals surface area contributed by atoms with E-state index in [2.05, 4.69) is 5.32 Å². The Labute approximate surface area is 129 Å². The van der Waals surface area contributed by atoms with Gasteiger partial charge in [0, 0.05) is 25.5 Å². The number of sulfone groups is 1. The van der Waals surface area contributed by atoms with E-state index in [1.165, 1.54) is 6.26 Å². The van der Waals surface area contributed by atoms with Crippen molar-refractivity contribution in [3.8, 4) is 0 Å². The second-order valence-electron chi connectivity index (χ2n) is 4.99. The van der Waals surface area contributed by atoms with Gasteiger partial charge in [-0.3, -0.25) is 0 Å². The lowest BCUT2D eigenvalue weighted by Crippen LogP contribution is -2.47. The maximum absolute atomic E-state index is 12.3. The minimum Gasteiger partial charge on any atom is -0.468 e. The topological polar surface area (TPSA) is 79.6 Å². The number of likely N-dealkylation sites (tertiary alicyclic amines) is 1. The minimum atomic E-state index is -3.25. The number of nitrogens with zero attached hydrogens (tertiary/aromatic N) is 1. The standard InChI is InChI=1S/C13H19ClN2O4S/c14-5-6-15-13(17)16-7-3-12(4-8-16)21(18,19)10-11-2-1-9-20-11/h1-2,9,12H,3-8,10H2,(H,15,17). The van der Waals surface area contributed by atoms with Gasteiger partial charge in [-0.15, -0.1) is 11.6 Å². The van der Waals surface area contributed by atoms with Crippen molar-refractivity contribution in [3.63, 3.8) is 0 Å². The van der Waals surface area contributed by atoms with Crippen molar-refractivity contribution in [3.05, 3.63) is 24.2 Å². The number of halogens is 1. The number of nitrogens with one attached hydrogen (secondary N) is 1. The van der Waals surface area contributed by atoms with E-state index in [1.807, 2.05) is 0 Å². The lowest BCUT2D eigenvalue weighted by atomic mass is 10.1. The number of carbonyl (C=O) groups excluding carboxylic acids is 1. The largest absolute Gasteiger partial charge is 0.468 e. The van der Waals surface area contributed by atoms with Gasteiger partial charge in [0.2, 0.25) is 0 Å². The van der Waals surface area contributed by atoms with Gasteiger partial charge in [-0.2, -0.15) is 0 Å². The van der Waals surface area contributed by atoms with Crippen LogP contribution in [0, 0.1) is 0 Å². The van der Waals surface area contributed by atoms with Crippen LogP contribution in [0.2, 0.25) is 0 Å². The van der Waals surface area contributed by atoms with Crippen molar-refractivity contribution in [1.82, 2.24) is 10.2 Å². The summed E-state index contributed by atoms with van der Waals surface area (Å²) >= 11 is 5.51. The smallest absolute Gasteiger partial charge is 0.317 e. The molecule has 118 valence electrons. The van der Waals surface area contributed by atoms with Crippen molar-refractivity contribution in [1.29, 1.82) is 0 Å². The summed E-state index contributed by atoms with van der Waals surface area (Å²) < 4.78 is 29.7. The van der Waals surface area contributed by atoms with Crippen LogP contribution in [0.5, 0.6) is 0 Å². The van der Waals surface area contributed by atoms with E-state index >= 15 is 0 Å². The summed E-state index contributed by atoms with van der Waals surface area (Å²) in [7, 11) is -3.25. The Hall–Kier alpha value is -1.21. The van der Waals surface area contributed by atoms with Crippen molar-refractivity contribution >= 4 is 27.5 Å². The van der Waals surface area contributed by atoms with Crippen molar-refractivity contribution < 1.29 is 17.6 Å². The molecule has 1 fully saturated rings. The van der Waals surface area contributed by atoms with Gasteiger partial charge in [0.1, 0.15) is 11.5 Å². The molecule has 0 atom stereocenters. The molecule has 0 aliphatic carbocycles. The van der Waals surface area contributed by atoms with Gasteiger partial charge < -0.3 is 14.6 Å². The highest BCUT2D eigenvalue weighted by molar-refractivity contribution is 7.91. The third kappa shape index (κ3) is 4.38. The summed E-state index contributed by atoms with van der Waals surface area (Å²) in [5.41, 5.74) is 0. The average Bonchev–Trinajstić information content (AvgIpc) is 2.97. The summed E-state index contributed by atoms with van der Waals surface area (Å²) in [4.78, 5) is 13.4. The fourth-order valence-electron chi connectivity index (χ4n) is 2.39. The van der Waals surface area contributed by atoms with E-state index < -0.39 is 15.1 Å². The molecule has 0 spiro atoms. The molecular formula is C13H19ClN2O4S. The molecular weight excluding hydrogens is 316 g/mol. The van der Waals surface area contributed by atoms with Crippen molar-refractivity contribution in [2.75, 3.05) is 25.5 Å². The number of rotatable bonds is 5. The van der Waals surface area contributed by atoms with Gasteiger partial charge in [-0.05, 0) is 25.0 Å². The predicted molar refractivity (Wildman–Crippen MR) is 80.0 cm³/mol. The molecule has 0 unspecified atom stereocenters. The number of carbonyl (C=O) groups is 1. The highest BCUT2D eigenvalue weighted by Gasteiger charge is 2.32. The molecule has 0 aromatic carbocycles. The molecule has 1 aromatic rings. The Kier molecular flexibility index (Phi) is 5.52. The van der Waals surface area contributed by atoms with E-state index in [0.29, 0.717) is 44.1 Å². The van der Waals surface area contributed by atoms with Gasteiger partial charge in [0.25, 0.3) is 0 Å². The summed E-state index contributed by atoms with van der Waals surface area (Å²) in [6, 6.07) is 3.15. The Morgan fingerprint density at radius 1 is 1.43 bits per heavy atom. The van der Waals surface area contributed by atoms with E-state index in [-0.39, 0.29) is 11.8 Å². The number of alkyl halides is 1. The summed E-state index contributed by atoms with van der Waals surface area (Å²) in [6.07, 6.45) is 2.38. The Bertz CT molecular complexity index is 551. The molecule has 2 heterocycles. The summed E-state index contributed by atoms with van der Waals surface area (Å²) in [6.45, 7) is 1.30. The van der Waals surface area contributed by atoms with Crippen molar-refractivity contribution in [2.24, 2.45) is 0 Å². The summed E-state index contributed by atoms with van der Waals surface area (Å²) in [5.74, 6) is 0.736. The first kappa shape index (κ1) is 16.2. The Balaban J connectivity index is 1.87. The first-order valence-corrected chi connectivity index (χ1v) is 9.10. The van der Waals surface area contributed by atoms with E-state index in [0.717, 1.165) is 0 Å². The average molecular weight is 335 g/mol. The second kappa shape index (κ2) is 7.17. The van der Waals surface area contributed by atoms with Crippen LogP contribution < -0.4 is 5.32 Å². The van der Waals surface area contributed by atoms with Crippen molar-refractivity contribution in [2.45, 2.75) is 23.8 Å². The van der Waals surface area contributed by atoms with Crippen LogP contribution in [0.1, 0.15) is 18.6 Å². The zero-order chi connectivity index (χ0) is 15.3. The molecule has 1 aromatic heterocycles. The van der Waals surface area contributed by atoms with Crippen LogP contribution in [-0.4, -0.2) is 50.1 Å². The molecule has 8 heteroatoms. The fraction of sp³-hybridized carbons (Fsp3) is 0.615. The quantitative estimate of drug-likeness (QED) is 0.830. The first-order chi connectivity index (χ1) is 10.0.